The number of hydrogen-bond donors (Lipinski definition) is 1. The number of amides is 1. The van der Waals surface area contributed by atoms with Gasteiger partial charge < -0.3 is 14.6 Å². The van der Waals surface area contributed by atoms with Crippen molar-refractivity contribution >= 4 is 5.91 Å². The lowest BCUT2D eigenvalue weighted by Gasteiger charge is -2.30. The summed E-state index contributed by atoms with van der Waals surface area (Å²) in [4.78, 5) is 25.9. The number of carbonyl (C=O) groups is 1. The molecule has 0 fully saturated rings. The topological polar surface area (TPSA) is 62.5 Å². The van der Waals surface area contributed by atoms with Gasteiger partial charge in [0.1, 0.15) is 5.82 Å². The molecule has 3 rings (SSSR count). The van der Waals surface area contributed by atoms with E-state index < -0.39 is 17.1 Å². The second-order valence-corrected chi connectivity index (χ2v) is 5.39. The minimum Gasteiger partial charge on any atom is -0.503 e. The average molecular weight is 302 g/mol. The number of pyridine rings is 1. The number of benzene rings is 1. The molecule has 1 N–H and O–H groups in total. The van der Waals surface area contributed by atoms with Crippen LogP contribution in [0.5, 0.6) is 5.75 Å². The summed E-state index contributed by atoms with van der Waals surface area (Å²) in [6.45, 7) is 2.87. The van der Waals surface area contributed by atoms with Crippen molar-refractivity contribution in [1.29, 1.82) is 0 Å². The van der Waals surface area contributed by atoms with Crippen molar-refractivity contribution in [3.8, 4) is 5.75 Å². The summed E-state index contributed by atoms with van der Waals surface area (Å²) in [6.07, 6.45) is 1.59. The molecule has 22 heavy (non-hydrogen) atoms. The first-order valence-electron chi connectivity index (χ1n) is 6.94. The van der Waals surface area contributed by atoms with E-state index in [1.807, 2.05) is 0 Å². The molecule has 1 aromatic heterocycles. The van der Waals surface area contributed by atoms with Crippen LogP contribution in [0.15, 0.2) is 35.3 Å². The molecule has 2 heterocycles. The van der Waals surface area contributed by atoms with Gasteiger partial charge in [0.05, 0.1) is 0 Å². The lowest BCUT2D eigenvalue weighted by atomic mass is 10.1. The Balaban J connectivity index is 1.93. The van der Waals surface area contributed by atoms with Crippen LogP contribution in [0, 0.1) is 12.7 Å². The quantitative estimate of drug-likeness (QED) is 0.917. The highest BCUT2D eigenvalue weighted by atomic mass is 19.1. The van der Waals surface area contributed by atoms with Crippen LogP contribution in [0.1, 0.15) is 21.6 Å². The molecule has 0 aliphatic carbocycles. The summed E-state index contributed by atoms with van der Waals surface area (Å²) < 4.78 is 14.5. The molecule has 0 radical (unpaired) electrons. The zero-order valence-electron chi connectivity index (χ0n) is 12.0. The van der Waals surface area contributed by atoms with E-state index in [2.05, 4.69) is 0 Å². The van der Waals surface area contributed by atoms with E-state index in [9.17, 15) is 19.1 Å². The third-order valence-electron chi connectivity index (χ3n) is 3.82. The van der Waals surface area contributed by atoms with Gasteiger partial charge >= 0.3 is 0 Å². The van der Waals surface area contributed by atoms with E-state index >= 15 is 0 Å². The Morgan fingerprint density at radius 3 is 2.55 bits per heavy atom. The Morgan fingerprint density at radius 2 is 1.86 bits per heavy atom. The smallest absolute Gasteiger partial charge is 0.274 e. The van der Waals surface area contributed by atoms with Crippen LogP contribution >= 0.6 is 0 Å². The maximum absolute atomic E-state index is 12.9. The zero-order valence-corrected chi connectivity index (χ0v) is 12.0. The first-order chi connectivity index (χ1) is 10.5. The van der Waals surface area contributed by atoms with E-state index in [1.54, 1.807) is 29.8 Å². The Bertz CT molecular complexity index is 796. The average Bonchev–Trinajstić information content (AvgIpc) is 2.50. The minimum absolute atomic E-state index is 0.0176. The molecule has 0 atom stereocenters. The highest BCUT2D eigenvalue weighted by Crippen LogP contribution is 2.21. The largest absolute Gasteiger partial charge is 0.503 e. The summed E-state index contributed by atoms with van der Waals surface area (Å²) in [5, 5.41) is 9.98. The van der Waals surface area contributed by atoms with Crippen LogP contribution in [0.25, 0.3) is 0 Å². The summed E-state index contributed by atoms with van der Waals surface area (Å²) in [5.41, 5.74) is 0.686. The summed E-state index contributed by atoms with van der Waals surface area (Å²) in [7, 11) is 0. The van der Waals surface area contributed by atoms with Gasteiger partial charge in [-0.05, 0) is 24.6 Å². The molecule has 1 amide bonds. The molecule has 2 aromatic rings. The Morgan fingerprint density at radius 1 is 1.18 bits per heavy atom. The van der Waals surface area contributed by atoms with E-state index in [-0.39, 0.29) is 11.5 Å². The highest BCUT2D eigenvalue weighted by Gasteiger charge is 2.28. The van der Waals surface area contributed by atoms with Gasteiger partial charge in [-0.3, -0.25) is 9.59 Å². The van der Waals surface area contributed by atoms with Crippen LogP contribution in [-0.4, -0.2) is 27.0 Å². The number of fused-ring (bicyclic) bond motifs is 1. The highest BCUT2D eigenvalue weighted by molar-refractivity contribution is 5.95. The Kier molecular flexibility index (Phi) is 3.44. The molecule has 0 saturated carbocycles. The normalized spacial score (nSPS) is 14.1. The number of halogens is 1. The standard InChI is InChI=1S/C16H15FN2O3/c1-10-8-18-6-7-19(9-11-2-4-12(17)5-3-11)16(22)13(18)15(21)14(10)20/h2-5,8,21H,6-7,9H2,1H3. The molecule has 6 heteroatoms. The molecule has 1 aliphatic heterocycles. The minimum atomic E-state index is -0.525. The molecule has 0 spiro atoms. The van der Waals surface area contributed by atoms with Crippen molar-refractivity contribution in [2.45, 2.75) is 20.0 Å². The third-order valence-corrected chi connectivity index (χ3v) is 3.82. The predicted octanol–water partition coefficient (Wildman–Crippen LogP) is 1.66. The maximum Gasteiger partial charge on any atom is 0.274 e. The van der Waals surface area contributed by atoms with E-state index in [1.165, 1.54) is 17.0 Å². The van der Waals surface area contributed by atoms with Crippen molar-refractivity contribution in [2.75, 3.05) is 6.54 Å². The second-order valence-electron chi connectivity index (χ2n) is 5.39. The number of rotatable bonds is 2. The molecule has 0 unspecified atom stereocenters. The Labute approximate surface area is 126 Å². The van der Waals surface area contributed by atoms with Crippen LogP contribution in [0.3, 0.4) is 0 Å². The third kappa shape index (κ3) is 2.36. The van der Waals surface area contributed by atoms with Crippen molar-refractivity contribution in [3.05, 3.63) is 63.3 Å². The fourth-order valence-corrected chi connectivity index (χ4v) is 2.63. The SMILES string of the molecule is Cc1cn2c(c(O)c1=O)C(=O)N(Cc1ccc(F)cc1)CC2. The molecule has 114 valence electrons. The molecule has 5 nitrogen and oxygen atoms in total. The molecule has 1 aromatic carbocycles. The Hall–Kier alpha value is -2.63. The van der Waals surface area contributed by atoms with Gasteiger partial charge in [0.15, 0.2) is 11.4 Å². The number of aryl methyl sites for hydroxylation is 1. The van der Waals surface area contributed by atoms with Crippen LogP contribution in [0.2, 0.25) is 0 Å². The van der Waals surface area contributed by atoms with Gasteiger partial charge in [0.2, 0.25) is 5.43 Å². The van der Waals surface area contributed by atoms with Crippen molar-refractivity contribution in [2.24, 2.45) is 0 Å². The maximum atomic E-state index is 12.9. The molecular formula is C16H15FN2O3. The van der Waals surface area contributed by atoms with Gasteiger partial charge in [-0.15, -0.1) is 0 Å². The number of aromatic nitrogens is 1. The van der Waals surface area contributed by atoms with Gasteiger partial charge in [-0.1, -0.05) is 12.1 Å². The van der Waals surface area contributed by atoms with Crippen LogP contribution in [0.4, 0.5) is 4.39 Å². The zero-order chi connectivity index (χ0) is 15.9. The van der Waals surface area contributed by atoms with Gasteiger partial charge in [-0.25, -0.2) is 4.39 Å². The summed E-state index contributed by atoms with van der Waals surface area (Å²) >= 11 is 0. The molecule has 0 bridgehead atoms. The lowest BCUT2D eigenvalue weighted by molar-refractivity contribution is 0.0683. The first kappa shape index (κ1) is 14.3. The van der Waals surface area contributed by atoms with Crippen LogP contribution < -0.4 is 5.43 Å². The van der Waals surface area contributed by atoms with Gasteiger partial charge in [-0.2, -0.15) is 0 Å². The van der Waals surface area contributed by atoms with Crippen molar-refractivity contribution in [3.63, 3.8) is 0 Å². The van der Waals surface area contributed by atoms with E-state index in [0.717, 1.165) is 5.56 Å². The van der Waals surface area contributed by atoms with E-state index in [0.29, 0.717) is 25.2 Å². The summed E-state index contributed by atoms with van der Waals surface area (Å²) in [6, 6.07) is 5.89. The molecular weight excluding hydrogens is 287 g/mol. The van der Waals surface area contributed by atoms with Crippen LogP contribution in [-0.2, 0) is 13.1 Å². The monoisotopic (exact) mass is 302 g/mol. The number of carbonyl (C=O) groups excluding carboxylic acids is 1. The lowest BCUT2D eigenvalue weighted by Crippen LogP contribution is -2.41. The molecule has 0 saturated heterocycles. The fourth-order valence-electron chi connectivity index (χ4n) is 2.63. The number of hydrogen-bond acceptors (Lipinski definition) is 3. The van der Waals surface area contributed by atoms with E-state index in [4.69, 9.17) is 0 Å². The summed E-state index contributed by atoms with van der Waals surface area (Å²) in [5.74, 6) is -1.24. The van der Waals surface area contributed by atoms with Gasteiger partial charge in [0, 0.05) is 31.4 Å². The molecule has 1 aliphatic rings. The number of aromatic hydroxyl groups is 1. The first-order valence-corrected chi connectivity index (χ1v) is 6.94. The predicted molar refractivity (Wildman–Crippen MR) is 78.2 cm³/mol. The van der Waals surface area contributed by atoms with Crippen molar-refractivity contribution in [1.82, 2.24) is 9.47 Å². The fraction of sp³-hybridized carbons (Fsp3) is 0.250. The van der Waals surface area contributed by atoms with Gasteiger partial charge in [0.25, 0.3) is 5.91 Å². The second kappa shape index (κ2) is 5.29. The number of nitrogens with zero attached hydrogens (tertiary/aromatic N) is 2. The van der Waals surface area contributed by atoms with Crippen molar-refractivity contribution < 1.29 is 14.3 Å².